The summed E-state index contributed by atoms with van der Waals surface area (Å²) in [4.78, 5) is 12.9. The fourth-order valence-electron chi connectivity index (χ4n) is 9.76. The van der Waals surface area contributed by atoms with Crippen LogP contribution < -0.4 is 0 Å². The molecule has 4 aliphatic carbocycles. The van der Waals surface area contributed by atoms with Crippen molar-refractivity contribution in [3.63, 3.8) is 0 Å². The molecule has 0 saturated heterocycles. The zero-order chi connectivity index (χ0) is 22.6. The smallest absolute Gasteiger partial charge is 0.335 e. The molecule has 174 valence electrons. The van der Waals surface area contributed by atoms with Crippen molar-refractivity contribution >= 4 is 5.97 Å². The fraction of sp³-hybridized carbons (Fsp3) is 0.885. The van der Waals surface area contributed by atoms with E-state index in [0.29, 0.717) is 29.9 Å². The minimum absolute atomic E-state index is 0.0187. The second kappa shape index (κ2) is 6.57. The first kappa shape index (κ1) is 21.9. The zero-order valence-electron chi connectivity index (χ0n) is 19.8. The number of ether oxygens (including phenoxy) is 1. The molecule has 5 nitrogen and oxygen atoms in total. The molecule has 0 spiro atoms. The van der Waals surface area contributed by atoms with Crippen molar-refractivity contribution < 1.29 is 24.9 Å². The lowest BCUT2D eigenvalue weighted by molar-refractivity contribution is -0.236. The number of hydrogen-bond donors (Lipinski definition) is 3. The molecule has 5 rings (SSSR count). The third-order valence-electron chi connectivity index (χ3n) is 11.1. The van der Waals surface area contributed by atoms with Crippen LogP contribution in [-0.4, -0.2) is 46.2 Å². The van der Waals surface area contributed by atoms with Gasteiger partial charge < -0.3 is 20.1 Å². The number of fused-ring (bicyclic) bond motifs is 6. The van der Waals surface area contributed by atoms with Gasteiger partial charge in [0.15, 0.2) is 0 Å². The Labute approximate surface area is 186 Å². The van der Waals surface area contributed by atoms with Crippen molar-refractivity contribution in [3.05, 3.63) is 11.1 Å². The number of rotatable bonds is 1. The van der Waals surface area contributed by atoms with Crippen molar-refractivity contribution in [1.29, 1.82) is 0 Å². The number of esters is 1. The molecule has 1 aliphatic heterocycles. The number of aliphatic hydroxyl groups is 3. The van der Waals surface area contributed by atoms with Gasteiger partial charge in [-0.2, -0.15) is 0 Å². The predicted octanol–water partition coefficient (Wildman–Crippen LogP) is 3.60. The summed E-state index contributed by atoms with van der Waals surface area (Å²) >= 11 is 0. The Kier molecular flexibility index (Phi) is 4.65. The third-order valence-corrected chi connectivity index (χ3v) is 11.1. The Balaban J connectivity index is 1.65. The average Bonchev–Trinajstić information content (AvgIpc) is 3.00. The molecule has 0 radical (unpaired) electrons. The summed E-state index contributed by atoms with van der Waals surface area (Å²) in [5, 5.41) is 33.7. The van der Waals surface area contributed by atoms with Crippen LogP contribution in [0, 0.1) is 39.4 Å². The van der Waals surface area contributed by atoms with Crippen molar-refractivity contribution in [3.8, 4) is 0 Å². The maximum absolute atomic E-state index is 12.9. The van der Waals surface area contributed by atoms with Crippen molar-refractivity contribution in [1.82, 2.24) is 0 Å². The summed E-state index contributed by atoms with van der Waals surface area (Å²) in [6, 6.07) is 0. The quantitative estimate of drug-likeness (QED) is 0.551. The predicted molar refractivity (Wildman–Crippen MR) is 117 cm³/mol. The maximum atomic E-state index is 12.9. The lowest BCUT2D eigenvalue weighted by atomic mass is 9.35. The van der Waals surface area contributed by atoms with Gasteiger partial charge in [0.05, 0.1) is 17.8 Å². The Bertz CT molecular complexity index is 832. The first-order valence-electron chi connectivity index (χ1n) is 12.4. The monoisotopic (exact) mass is 432 g/mol. The van der Waals surface area contributed by atoms with Gasteiger partial charge in [-0.05, 0) is 74.0 Å². The Morgan fingerprint density at radius 1 is 1.00 bits per heavy atom. The molecule has 0 aromatic heterocycles. The summed E-state index contributed by atoms with van der Waals surface area (Å²) in [6.45, 7) is 11.0. The van der Waals surface area contributed by atoms with Gasteiger partial charge >= 0.3 is 5.97 Å². The minimum Gasteiger partial charge on any atom is -0.455 e. The summed E-state index contributed by atoms with van der Waals surface area (Å²) in [5.74, 6) is 0.239. The van der Waals surface area contributed by atoms with E-state index in [2.05, 4.69) is 20.8 Å². The Morgan fingerprint density at radius 3 is 2.39 bits per heavy atom. The molecular weight excluding hydrogens is 392 g/mol. The second-order valence-corrected chi connectivity index (χ2v) is 12.6. The molecule has 0 aromatic rings. The molecule has 31 heavy (non-hydrogen) atoms. The van der Waals surface area contributed by atoms with Crippen LogP contribution in [0.25, 0.3) is 0 Å². The van der Waals surface area contributed by atoms with Crippen LogP contribution in [-0.2, 0) is 9.53 Å². The zero-order valence-corrected chi connectivity index (χ0v) is 19.8. The van der Waals surface area contributed by atoms with Crippen LogP contribution in [0.4, 0.5) is 0 Å². The largest absolute Gasteiger partial charge is 0.455 e. The average molecular weight is 433 g/mol. The highest BCUT2D eigenvalue weighted by Gasteiger charge is 2.70. The van der Waals surface area contributed by atoms with Crippen molar-refractivity contribution in [2.24, 2.45) is 39.4 Å². The van der Waals surface area contributed by atoms with E-state index in [9.17, 15) is 20.1 Å². The van der Waals surface area contributed by atoms with Gasteiger partial charge in [0.2, 0.25) is 0 Å². The lowest BCUT2D eigenvalue weighted by Gasteiger charge is -2.70. The molecule has 3 saturated carbocycles. The minimum atomic E-state index is -0.713. The Hall–Kier alpha value is -0.910. The normalized spacial score (nSPS) is 53.2. The van der Waals surface area contributed by atoms with Crippen LogP contribution in [0.3, 0.4) is 0 Å². The van der Waals surface area contributed by atoms with Gasteiger partial charge in [-0.15, -0.1) is 0 Å². The first-order chi connectivity index (χ1) is 14.4. The summed E-state index contributed by atoms with van der Waals surface area (Å²) < 4.78 is 5.54. The molecule has 9 atom stereocenters. The van der Waals surface area contributed by atoms with Crippen molar-refractivity contribution in [2.75, 3.05) is 6.61 Å². The first-order valence-corrected chi connectivity index (χ1v) is 12.4. The van der Waals surface area contributed by atoms with E-state index in [1.165, 1.54) is 6.42 Å². The number of cyclic esters (lactones) is 1. The number of hydrogen-bond acceptors (Lipinski definition) is 5. The van der Waals surface area contributed by atoms with E-state index >= 15 is 0 Å². The fourth-order valence-corrected chi connectivity index (χ4v) is 9.76. The molecule has 0 aromatic carbocycles. The van der Waals surface area contributed by atoms with E-state index in [1.54, 1.807) is 0 Å². The van der Waals surface area contributed by atoms with E-state index < -0.39 is 23.7 Å². The van der Waals surface area contributed by atoms with Gasteiger partial charge in [0.1, 0.15) is 6.10 Å². The number of aliphatic hydroxyl groups excluding tert-OH is 3. The number of carbonyl (C=O) groups excluding carboxylic acids is 1. The molecule has 0 bridgehead atoms. The molecule has 3 N–H and O–H groups in total. The van der Waals surface area contributed by atoms with Crippen LogP contribution >= 0.6 is 0 Å². The second-order valence-electron chi connectivity index (χ2n) is 12.6. The van der Waals surface area contributed by atoms with Gasteiger partial charge in [-0.25, -0.2) is 4.79 Å². The van der Waals surface area contributed by atoms with Crippen LogP contribution in [0.1, 0.15) is 79.6 Å². The Morgan fingerprint density at radius 2 is 1.71 bits per heavy atom. The SMILES string of the molecule is CC1OC(=O)C2=C1C(O)CC1C3(C)CCC4C(C)(C)CCCC4(CO)C3CC(O)C21C. The molecule has 3 fully saturated rings. The third kappa shape index (κ3) is 2.52. The molecule has 5 aliphatic rings. The summed E-state index contributed by atoms with van der Waals surface area (Å²) in [5.41, 5.74) is 0.358. The van der Waals surface area contributed by atoms with E-state index in [4.69, 9.17) is 4.74 Å². The lowest BCUT2D eigenvalue weighted by Crippen LogP contribution is -2.67. The van der Waals surface area contributed by atoms with Gasteiger partial charge in [0.25, 0.3) is 0 Å². The summed E-state index contributed by atoms with van der Waals surface area (Å²) in [6.07, 6.45) is 4.71. The van der Waals surface area contributed by atoms with Gasteiger partial charge in [0, 0.05) is 23.0 Å². The highest BCUT2D eigenvalue weighted by molar-refractivity contribution is 5.94. The van der Waals surface area contributed by atoms with Gasteiger partial charge in [-0.3, -0.25) is 0 Å². The highest BCUT2D eigenvalue weighted by Crippen LogP contribution is 2.73. The summed E-state index contributed by atoms with van der Waals surface area (Å²) in [7, 11) is 0. The molecule has 5 heteroatoms. The van der Waals surface area contributed by atoms with E-state index in [0.717, 1.165) is 25.7 Å². The van der Waals surface area contributed by atoms with Crippen LogP contribution in [0.2, 0.25) is 0 Å². The number of carbonyl (C=O) groups is 1. The van der Waals surface area contributed by atoms with Crippen LogP contribution in [0.15, 0.2) is 11.1 Å². The van der Waals surface area contributed by atoms with Crippen LogP contribution in [0.5, 0.6) is 0 Å². The van der Waals surface area contributed by atoms with E-state index in [-0.39, 0.29) is 40.7 Å². The molecule has 1 heterocycles. The maximum Gasteiger partial charge on any atom is 0.335 e. The molecule has 9 unspecified atom stereocenters. The molecular formula is C26H40O5. The van der Waals surface area contributed by atoms with E-state index in [1.807, 2.05) is 13.8 Å². The molecule has 0 amide bonds. The standard InChI is InChI=1S/C26H40O5/c1-14-20-15(28)11-17-24(4)10-7-16-23(2,3)8-6-9-26(16,13-27)18(24)12-19(29)25(17,5)21(20)22(30)31-14/h14-19,27-29H,6-13H2,1-5H3. The highest BCUT2D eigenvalue weighted by atomic mass is 16.5. The van der Waals surface area contributed by atoms with Crippen molar-refractivity contribution in [2.45, 2.75) is 97.9 Å². The topological polar surface area (TPSA) is 87.0 Å². The van der Waals surface area contributed by atoms with Gasteiger partial charge in [-0.1, -0.05) is 34.1 Å².